The molecule has 1 aromatic rings. The highest BCUT2D eigenvalue weighted by atomic mass is 19.3. The van der Waals surface area contributed by atoms with Crippen molar-refractivity contribution in [2.45, 2.75) is 13.2 Å². The largest absolute Gasteiger partial charge is 0.586 e. The maximum atomic E-state index is 12.8. The molecule has 0 saturated heterocycles. The Morgan fingerprint density at radius 1 is 1.33 bits per heavy atom. The highest BCUT2D eigenvalue weighted by Crippen LogP contribution is 2.42. The van der Waals surface area contributed by atoms with E-state index in [1.807, 2.05) is 6.92 Å². The van der Waals surface area contributed by atoms with Gasteiger partial charge in [0, 0.05) is 11.8 Å². The van der Waals surface area contributed by atoms with Crippen LogP contribution in [0.25, 0.3) is 0 Å². The topological polar surface area (TPSA) is 59.6 Å². The van der Waals surface area contributed by atoms with Crippen molar-refractivity contribution in [3.8, 4) is 11.5 Å². The van der Waals surface area contributed by atoms with E-state index in [1.54, 1.807) is 0 Å². The molecule has 0 unspecified atom stereocenters. The SMILES string of the molecule is CCNCC(=O)Nc1ccc2c(c1)OC(F)(F)O2. The van der Waals surface area contributed by atoms with Gasteiger partial charge in [-0.3, -0.25) is 4.79 Å². The highest BCUT2D eigenvalue weighted by molar-refractivity contribution is 5.92. The lowest BCUT2D eigenvalue weighted by atomic mass is 10.3. The zero-order valence-corrected chi connectivity index (χ0v) is 9.63. The number of likely N-dealkylation sites (N-methyl/N-ethyl adjacent to an activating group) is 1. The summed E-state index contributed by atoms with van der Waals surface area (Å²) in [5.41, 5.74) is 0.373. The summed E-state index contributed by atoms with van der Waals surface area (Å²) in [7, 11) is 0. The molecule has 0 radical (unpaired) electrons. The number of hydrogen-bond acceptors (Lipinski definition) is 4. The van der Waals surface area contributed by atoms with Gasteiger partial charge in [0.1, 0.15) is 0 Å². The summed E-state index contributed by atoms with van der Waals surface area (Å²) in [6.45, 7) is 2.69. The number of hydrogen-bond donors (Lipinski definition) is 2. The molecule has 0 aromatic heterocycles. The van der Waals surface area contributed by atoms with Crippen molar-refractivity contribution in [2.24, 2.45) is 0 Å². The molecular formula is C11H12F2N2O3. The summed E-state index contributed by atoms with van der Waals surface area (Å²) in [4.78, 5) is 11.4. The van der Waals surface area contributed by atoms with Crippen LogP contribution < -0.4 is 20.1 Å². The second-order valence-corrected chi connectivity index (χ2v) is 3.66. The maximum Gasteiger partial charge on any atom is 0.586 e. The van der Waals surface area contributed by atoms with E-state index >= 15 is 0 Å². The van der Waals surface area contributed by atoms with E-state index in [-0.39, 0.29) is 24.0 Å². The van der Waals surface area contributed by atoms with Crippen LogP contribution in [0.15, 0.2) is 18.2 Å². The van der Waals surface area contributed by atoms with Gasteiger partial charge in [-0.1, -0.05) is 6.92 Å². The Labute approximate surface area is 102 Å². The minimum atomic E-state index is -3.64. The quantitative estimate of drug-likeness (QED) is 0.860. The second kappa shape index (κ2) is 4.77. The lowest BCUT2D eigenvalue weighted by Gasteiger charge is -2.06. The van der Waals surface area contributed by atoms with E-state index in [2.05, 4.69) is 20.1 Å². The molecule has 0 bridgehead atoms. The molecule has 2 rings (SSSR count). The molecule has 18 heavy (non-hydrogen) atoms. The highest BCUT2D eigenvalue weighted by Gasteiger charge is 2.43. The van der Waals surface area contributed by atoms with E-state index in [4.69, 9.17) is 0 Å². The zero-order valence-electron chi connectivity index (χ0n) is 9.63. The van der Waals surface area contributed by atoms with Gasteiger partial charge in [-0.05, 0) is 18.7 Å². The van der Waals surface area contributed by atoms with Crippen LogP contribution in [0.2, 0.25) is 0 Å². The number of benzene rings is 1. The van der Waals surface area contributed by atoms with Crippen molar-refractivity contribution in [3.63, 3.8) is 0 Å². The Hall–Kier alpha value is -1.89. The monoisotopic (exact) mass is 258 g/mol. The molecule has 1 aliphatic rings. The van der Waals surface area contributed by atoms with Crippen LogP contribution in [0.5, 0.6) is 11.5 Å². The molecule has 1 amide bonds. The molecule has 1 heterocycles. The van der Waals surface area contributed by atoms with Gasteiger partial charge in [-0.25, -0.2) is 0 Å². The van der Waals surface area contributed by atoms with E-state index in [0.717, 1.165) is 0 Å². The number of amides is 1. The van der Waals surface area contributed by atoms with Crippen molar-refractivity contribution < 1.29 is 23.0 Å². The Balaban J connectivity index is 2.03. The summed E-state index contributed by atoms with van der Waals surface area (Å²) in [6.07, 6.45) is -3.64. The molecular weight excluding hydrogens is 246 g/mol. The van der Waals surface area contributed by atoms with E-state index in [9.17, 15) is 13.6 Å². The molecule has 0 spiro atoms. The number of rotatable bonds is 4. The number of carbonyl (C=O) groups excluding carboxylic acids is 1. The van der Waals surface area contributed by atoms with E-state index in [1.165, 1.54) is 18.2 Å². The predicted octanol–water partition coefficient (Wildman–Crippen LogP) is 1.56. The number of carbonyl (C=O) groups is 1. The van der Waals surface area contributed by atoms with Crippen LogP contribution in [0.4, 0.5) is 14.5 Å². The lowest BCUT2D eigenvalue weighted by Crippen LogP contribution is -2.27. The van der Waals surface area contributed by atoms with Gasteiger partial charge in [-0.2, -0.15) is 0 Å². The Bertz CT molecular complexity index is 466. The van der Waals surface area contributed by atoms with Crippen LogP contribution in [-0.4, -0.2) is 25.3 Å². The average Bonchev–Trinajstić information content (AvgIpc) is 2.59. The fourth-order valence-corrected chi connectivity index (χ4v) is 1.47. The van der Waals surface area contributed by atoms with Gasteiger partial charge in [0.25, 0.3) is 0 Å². The number of anilines is 1. The van der Waals surface area contributed by atoms with Crippen LogP contribution in [0.3, 0.4) is 0 Å². The predicted molar refractivity (Wildman–Crippen MR) is 59.8 cm³/mol. The average molecular weight is 258 g/mol. The summed E-state index contributed by atoms with van der Waals surface area (Å²) in [5.74, 6) is -0.409. The number of alkyl halides is 2. The molecule has 98 valence electrons. The molecule has 1 aliphatic heterocycles. The third-order valence-corrected chi connectivity index (χ3v) is 2.22. The van der Waals surface area contributed by atoms with E-state index in [0.29, 0.717) is 12.2 Å². The van der Waals surface area contributed by atoms with Crippen molar-refractivity contribution >= 4 is 11.6 Å². The van der Waals surface area contributed by atoms with Crippen molar-refractivity contribution in [1.82, 2.24) is 5.32 Å². The minimum absolute atomic E-state index is 0.0512. The third-order valence-electron chi connectivity index (χ3n) is 2.22. The number of ether oxygens (including phenoxy) is 2. The number of halogens is 2. The van der Waals surface area contributed by atoms with Crippen molar-refractivity contribution in [2.75, 3.05) is 18.4 Å². The fourth-order valence-electron chi connectivity index (χ4n) is 1.47. The smallest absolute Gasteiger partial charge is 0.395 e. The molecule has 0 saturated carbocycles. The number of fused-ring (bicyclic) bond motifs is 1. The Morgan fingerprint density at radius 2 is 2.06 bits per heavy atom. The maximum absolute atomic E-state index is 12.8. The molecule has 7 heteroatoms. The van der Waals surface area contributed by atoms with Crippen LogP contribution >= 0.6 is 0 Å². The van der Waals surface area contributed by atoms with Gasteiger partial charge in [0.15, 0.2) is 11.5 Å². The zero-order chi connectivity index (χ0) is 13.2. The molecule has 0 atom stereocenters. The van der Waals surface area contributed by atoms with Crippen LogP contribution in [-0.2, 0) is 4.79 Å². The lowest BCUT2D eigenvalue weighted by molar-refractivity contribution is -0.286. The first-order valence-electron chi connectivity index (χ1n) is 5.40. The van der Waals surface area contributed by atoms with Gasteiger partial charge < -0.3 is 20.1 Å². The molecule has 0 aliphatic carbocycles. The summed E-state index contributed by atoms with van der Waals surface area (Å²) in [5, 5.41) is 5.40. The summed E-state index contributed by atoms with van der Waals surface area (Å²) in [6, 6.07) is 4.08. The minimum Gasteiger partial charge on any atom is -0.395 e. The van der Waals surface area contributed by atoms with Crippen molar-refractivity contribution in [1.29, 1.82) is 0 Å². The Morgan fingerprint density at radius 3 is 2.78 bits per heavy atom. The molecule has 0 fully saturated rings. The van der Waals surface area contributed by atoms with Gasteiger partial charge >= 0.3 is 6.29 Å². The molecule has 1 aromatic carbocycles. The number of nitrogens with one attached hydrogen (secondary N) is 2. The van der Waals surface area contributed by atoms with Crippen molar-refractivity contribution in [3.05, 3.63) is 18.2 Å². The first-order valence-corrected chi connectivity index (χ1v) is 5.40. The Kier molecular flexibility index (Phi) is 3.33. The first kappa shape index (κ1) is 12.6. The van der Waals surface area contributed by atoms with Crippen LogP contribution in [0, 0.1) is 0 Å². The normalized spacial score (nSPS) is 15.5. The standard InChI is InChI=1S/C11H12F2N2O3/c1-2-14-6-10(16)15-7-3-4-8-9(5-7)18-11(12,13)17-8/h3-5,14H,2,6H2,1H3,(H,15,16). The fraction of sp³-hybridized carbons (Fsp3) is 0.364. The molecule has 5 nitrogen and oxygen atoms in total. The summed E-state index contributed by atoms with van der Waals surface area (Å²) < 4.78 is 34.0. The second-order valence-electron chi connectivity index (χ2n) is 3.66. The van der Waals surface area contributed by atoms with Gasteiger partial charge in [-0.15, -0.1) is 8.78 Å². The summed E-state index contributed by atoms with van der Waals surface area (Å²) >= 11 is 0. The van der Waals surface area contributed by atoms with Crippen LogP contribution in [0.1, 0.15) is 6.92 Å². The van der Waals surface area contributed by atoms with E-state index < -0.39 is 6.29 Å². The third kappa shape index (κ3) is 2.86. The molecule has 2 N–H and O–H groups in total. The first-order chi connectivity index (χ1) is 8.50. The van der Waals surface area contributed by atoms with Gasteiger partial charge in [0.2, 0.25) is 5.91 Å². The van der Waals surface area contributed by atoms with Gasteiger partial charge in [0.05, 0.1) is 6.54 Å².